The maximum absolute atomic E-state index is 4.69. The summed E-state index contributed by atoms with van der Waals surface area (Å²) in [6, 6.07) is 8.80. The molecule has 0 unspecified atom stereocenters. The lowest BCUT2D eigenvalue weighted by Gasteiger charge is -2.04. The molecule has 0 bridgehead atoms. The highest BCUT2D eigenvalue weighted by molar-refractivity contribution is 7.79. The van der Waals surface area contributed by atoms with Crippen LogP contribution in [0.25, 0.3) is 0 Å². The molecular weight excluding hydrogens is 238 g/mol. The van der Waals surface area contributed by atoms with E-state index >= 15 is 0 Å². The second-order valence-electron chi connectivity index (χ2n) is 4.08. The molecule has 0 saturated carbocycles. The van der Waals surface area contributed by atoms with Crippen molar-refractivity contribution < 1.29 is 0 Å². The molecule has 2 heteroatoms. The van der Waals surface area contributed by atoms with E-state index < -0.39 is 0 Å². The number of thiocarbonyl (C=S) groups is 1. The SMILES string of the molecule is CCc1ccc(CNCC/C=C\C=C/C=S)cc1. The number of allylic oxidation sites excluding steroid dienone is 3. The van der Waals surface area contributed by atoms with E-state index in [1.165, 1.54) is 11.1 Å². The molecule has 18 heavy (non-hydrogen) atoms. The third kappa shape index (κ3) is 6.48. The summed E-state index contributed by atoms with van der Waals surface area (Å²) in [5.41, 5.74) is 2.74. The number of hydrogen-bond acceptors (Lipinski definition) is 2. The average Bonchev–Trinajstić information content (AvgIpc) is 2.42. The van der Waals surface area contributed by atoms with Crippen molar-refractivity contribution in [2.75, 3.05) is 6.54 Å². The van der Waals surface area contributed by atoms with Gasteiger partial charge in [0.25, 0.3) is 0 Å². The molecule has 0 aromatic heterocycles. The van der Waals surface area contributed by atoms with Gasteiger partial charge in [0.2, 0.25) is 0 Å². The van der Waals surface area contributed by atoms with Gasteiger partial charge in [-0.25, -0.2) is 0 Å². The first-order chi connectivity index (χ1) is 8.86. The normalized spacial score (nSPS) is 11.4. The van der Waals surface area contributed by atoms with Crippen LogP contribution in [0.3, 0.4) is 0 Å². The third-order valence-corrected chi connectivity index (χ3v) is 2.84. The average molecular weight is 259 g/mol. The van der Waals surface area contributed by atoms with Gasteiger partial charge >= 0.3 is 0 Å². The lowest BCUT2D eigenvalue weighted by atomic mass is 10.1. The fourth-order valence-corrected chi connectivity index (χ4v) is 1.69. The Labute approximate surface area is 116 Å². The van der Waals surface area contributed by atoms with Crippen molar-refractivity contribution in [3.63, 3.8) is 0 Å². The van der Waals surface area contributed by atoms with Crippen molar-refractivity contribution in [3.05, 3.63) is 59.7 Å². The Morgan fingerprint density at radius 2 is 1.78 bits per heavy atom. The van der Waals surface area contributed by atoms with Crippen LogP contribution in [0.1, 0.15) is 24.5 Å². The van der Waals surface area contributed by atoms with Crippen molar-refractivity contribution >= 4 is 17.6 Å². The fourth-order valence-electron chi connectivity index (χ4n) is 1.60. The number of benzene rings is 1. The van der Waals surface area contributed by atoms with E-state index in [-0.39, 0.29) is 0 Å². The maximum atomic E-state index is 4.69. The zero-order valence-electron chi connectivity index (χ0n) is 10.9. The molecule has 0 aliphatic rings. The zero-order chi connectivity index (χ0) is 13.1. The number of nitrogens with one attached hydrogen (secondary N) is 1. The van der Waals surface area contributed by atoms with Gasteiger partial charge in [0.1, 0.15) is 0 Å². The van der Waals surface area contributed by atoms with Crippen LogP contribution in [0, 0.1) is 0 Å². The van der Waals surface area contributed by atoms with Crippen LogP contribution in [0.5, 0.6) is 0 Å². The van der Waals surface area contributed by atoms with E-state index in [1.807, 2.05) is 18.2 Å². The van der Waals surface area contributed by atoms with E-state index in [2.05, 4.69) is 54.8 Å². The smallest absolute Gasteiger partial charge is 0.0205 e. The second-order valence-corrected chi connectivity index (χ2v) is 4.36. The monoisotopic (exact) mass is 259 g/mol. The summed E-state index contributed by atoms with van der Waals surface area (Å²) < 4.78 is 0. The third-order valence-electron chi connectivity index (χ3n) is 2.68. The van der Waals surface area contributed by atoms with Gasteiger partial charge in [0, 0.05) is 11.9 Å². The highest BCUT2D eigenvalue weighted by Crippen LogP contribution is 2.04. The molecule has 1 aromatic carbocycles. The summed E-state index contributed by atoms with van der Waals surface area (Å²) >= 11 is 4.69. The molecule has 0 atom stereocenters. The first-order valence-electron chi connectivity index (χ1n) is 6.42. The quantitative estimate of drug-likeness (QED) is 0.329. The Morgan fingerprint density at radius 1 is 1.06 bits per heavy atom. The van der Waals surface area contributed by atoms with E-state index in [0.717, 1.165) is 25.9 Å². The van der Waals surface area contributed by atoms with Gasteiger partial charge < -0.3 is 5.32 Å². The highest BCUT2D eigenvalue weighted by Gasteiger charge is 1.92. The van der Waals surface area contributed by atoms with Crippen molar-refractivity contribution in [1.29, 1.82) is 0 Å². The molecular formula is C16H21NS. The lowest BCUT2D eigenvalue weighted by Crippen LogP contribution is -2.13. The van der Waals surface area contributed by atoms with Crippen molar-refractivity contribution in [1.82, 2.24) is 5.32 Å². The minimum Gasteiger partial charge on any atom is -0.312 e. The zero-order valence-corrected chi connectivity index (χ0v) is 11.7. The summed E-state index contributed by atoms with van der Waals surface area (Å²) in [5, 5.41) is 5.04. The summed E-state index contributed by atoms with van der Waals surface area (Å²) in [6.07, 6.45) is 10.1. The molecule has 0 heterocycles. The van der Waals surface area contributed by atoms with Crippen LogP contribution < -0.4 is 5.32 Å². The number of rotatable bonds is 8. The highest BCUT2D eigenvalue weighted by atomic mass is 32.1. The molecule has 0 radical (unpaired) electrons. The van der Waals surface area contributed by atoms with Crippen molar-refractivity contribution in [2.45, 2.75) is 26.3 Å². The topological polar surface area (TPSA) is 12.0 Å². The maximum Gasteiger partial charge on any atom is 0.0205 e. The first kappa shape index (κ1) is 14.8. The molecule has 0 fully saturated rings. The first-order valence-corrected chi connectivity index (χ1v) is 6.89. The van der Waals surface area contributed by atoms with E-state index in [9.17, 15) is 0 Å². The van der Waals surface area contributed by atoms with Gasteiger partial charge in [-0.1, -0.05) is 67.7 Å². The van der Waals surface area contributed by atoms with Crippen LogP contribution in [0.15, 0.2) is 48.6 Å². The van der Waals surface area contributed by atoms with Gasteiger partial charge in [-0.3, -0.25) is 0 Å². The van der Waals surface area contributed by atoms with Crippen molar-refractivity contribution in [2.24, 2.45) is 0 Å². The van der Waals surface area contributed by atoms with Gasteiger partial charge in [-0.05, 0) is 30.5 Å². The molecule has 0 aliphatic heterocycles. The van der Waals surface area contributed by atoms with Crippen LogP contribution in [0.4, 0.5) is 0 Å². The van der Waals surface area contributed by atoms with E-state index in [0.29, 0.717) is 0 Å². The number of aryl methyl sites for hydroxylation is 1. The molecule has 0 amide bonds. The van der Waals surface area contributed by atoms with Gasteiger partial charge in [-0.15, -0.1) is 0 Å². The van der Waals surface area contributed by atoms with E-state index in [4.69, 9.17) is 0 Å². The molecule has 1 nitrogen and oxygen atoms in total. The standard InChI is InChI=1S/C16H21NS/c1-2-15-8-10-16(11-9-15)14-17-12-6-4-3-5-7-13-18/h3-5,7-11,13,17H,2,6,12,14H2,1H3/b4-3-,7-5-. The van der Waals surface area contributed by atoms with Crippen LogP contribution in [-0.2, 0) is 13.0 Å². The molecule has 96 valence electrons. The van der Waals surface area contributed by atoms with Gasteiger partial charge in [-0.2, -0.15) is 0 Å². The van der Waals surface area contributed by atoms with Gasteiger partial charge in [0.15, 0.2) is 0 Å². The molecule has 0 saturated heterocycles. The largest absolute Gasteiger partial charge is 0.312 e. The Bertz CT molecular complexity index is 390. The second kappa shape index (κ2) is 9.75. The molecule has 1 aromatic rings. The summed E-state index contributed by atoms with van der Waals surface area (Å²) in [5.74, 6) is 0. The minimum absolute atomic E-state index is 0.938. The van der Waals surface area contributed by atoms with Crippen molar-refractivity contribution in [3.8, 4) is 0 Å². The molecule has 1 rings (SSSR count). The lowest BCUT2D eigenvalue weighted by molar-refractivity contribution is 0.695. The molecule has 0 spiro atoms. The number of hydrogen-bond donors (Lipinski definition) is 1. The van der Waals surface area contributed by atoms with Crippen LogP contribution in [-0.4, -0.2) is 11.9 Å². The Kier molecular flexibility index (Phi) is 8.02. The molecule has 0 aliphatic carbocycles. The van der Waals surface area contributed by atoms with E-state index in [1.54, 1.807) is 5.37 Å². The minimum atomic E-state index is 0.938. The fraction of sp³-hybridized carbons (Fsp3) is 0.312. The Hall–Kier alpha value is -1.25. The molecule has 1 N–H and O–H groups in total. The summed E-state index contributed by atoms with van der Waals surface area (Å²) in [4.78, 5) is 0. The summed E-state index contributed by atoms with van der Waals surface area (Å²) in [7, 11) is 0. The van der Waals surface area contributed by atoms with Crippen LogP contribution in [0.2, 0.25) is 0 Å². The summed E-state index contributed by atoms with van der Waals surface area (Å²) in [6.45, 7) is 4.11. The van der Waals surface area contributed by atoms with Crippen LogP contribution >= 0.6 is 12.2 Å². The predicted molar refractivity (Wildman–Crippen MR) is 84.1 cm³/mol. The van der Waals surface area contributed by atoms with Gasteiger partial charge in [0.05, 0.1) is 0 Å². The Morgan fingerprint density at radius 3 is 2.44 bits per heavy atom. The predicted octanol–water partition coefficient (Wildman–Crippen LogP) is 3.84. The Balaban J connectivity index is 2.15.